The Morgan fingerprint density at radius 3 is 2.75 bits per heavy atom. The lowest BCUT2D eigenvalue weighted by Gasteiger charge is -2.17. The van der Waals surface area contributed by atoms with Gasteiger partial charge in [0, 0.05) is 12.5 Å². The predicted molar refractivity (Wildman–Crippen MR) is 115 cm³/mol. The zero-order valence-corrected chi connectivity index (χ0v) is 18.7. The first-order valence-electron chi connectivity index (χ1n) is 9.94. The third kappa shape index (κ3) is 3.25. The summed E-state index contributed by atoms with van der Waals surface area (Å²) in [6.07, 6.45) is 2.92. The van der Waals surface area contributed by atoms with Crippen molar-refractivity contribution >= 4 is 28.1 Å². The molecule has 0 radical (unpaired) electrons. The fourth-order valence-electron chi connectivity index (χ4n) is 4.20. The molecule has 8 heteroatoms. The van der Waals surface area contributed by atoms with E-state index in [0.29, 0.717) is 16.4 Å². The van der Waals surface area contributed by atoms with Crippen LogP contribution in [-0.2, 0) is 13.0 Å². The standard InChI is InChI=1S/C24H18NO5S.ClH/c1-27-19-5-4-14-9-18-16-11-21-20(28-13-29-21)10-15(16)6-7-25(18)12-17(14)23(19)30-24(26)22-3-2-8-31-22;/h2-5,8-12H,6-7,13H2,1H3;1H/q+1;/p-1. The highest BCUT2D eigenvalue weighted by atomic mass is 35.5. The van der Waals surface area contributed by atoms with Crippen molar-refractivity contribution in [3.63, 3.8) is 0 Å². The van der Waals surface area contributed by atoms with Crippen LogP contribution in [0.1, 0.15) is 15.2 Å². The molecule has 2 aliphatic rings. The smallest absolute Gasteiger partial charge is 0.353 e. The minimum absolute atomic E-state index is 0. The predicted octanol–water partition coefficient (Wildman–Crippen LogP) is 1.37. The number of methoxy groups -OCH3 is 1. The van der Waals surface area contributed by atoms with Gasteiger partial charge in [-0.25, -0.2) is 4.79 Å². The summed E-state index contributed by atoms with van der Waals surface area (Å²) in [6, 6.07) is 13.7. The third-order valence-corrected chi connectivity index (χ3v) is 6.56. The van der Waals surface area contributed by atoms with Crippen molar-refractivity contribution in [2.24, 2.45) is 0 Å². The van der Waals surface area contributed by atoms with Gasteiger partial charge in [-0.05, 0) is 46.7 Å². The zero-order valence-electron chi connectivity index (χ0n) is 17.1. The van der Waals surface area contributed by atoms with Crippen molar-refractivity contribution in [2.45, 2.75) is 13.0 Å². The number of ether oxygens (including phenoxy) is 4. The van der Waals surface area contributed by atoms with E-state index >= 15 is 0 Å². The first-order chi connectivity index (χ1) is 15.2. The van der Waals surface area contributed by atoms with E-state index in [9.17, 15) is 4.79 Å². The summed E-state index contributed by atoms with van der Waals surface area (Å²) in [5.41, 5.74) is 3.46. The maximum absolute atomic E-state index is 12.6. The van der Waals surface area contributed by atoms with Gasteiger partial charge in [-0.15, -0.1) is 11.3 Å². The van der Waals surface area contributed by atoms with E-state index < -0.39 is 0 Å². The molecular weight excluding hydrogens is 450 g/mol. The van der Waals surface area contributed by atoms with Crippen LogP contribution in [0.2, 0.25) is 0 Å². The van der Waals surface area contributed by atoms with Crippen LogP contribution in [0.4, 0.5) is 0 Å². The van der Waals surface area contributed by atoms with Crippen LogP contribution >= 0.6 is 11.3 Å². The Morgan fingerprint density at radius 2 is 1.97 bits per heavy atom. The molecule has 6 nitrogen and oxygen atoms in total. The number of halogens is 1. The Kier molecular flexibility index (Phi) is 5.15. The van der Waals surface area contributed by atoms with Crippen molar-refractivity contribution in [1.29, 1.82) is 0 Å². The van der Waals surface area contributed by atoms with Crippen LogP contribution in [0.3, 0.4) is 0 Å². The minimum atomic E-state index is -0.387. The van der Waals surface area contributed by atoms with Gasteiger partial charge in [-0.3, -0.25) is 0 Å². The number of hydrogen-bond acceptors (Lipinski definition) is 6. The number of hydrogen-bond donors (Lipinski definition) is 0. The Morgan fingerprint density at radius 1 is 1.12 bits per heavy atom. The van der Waals surface area contributed by atoms with E-state index in [1.165, 1.54) is 16.9 Å². The second-order valence-electron chi connectivity index (χ2n) is 7.43. The molecule has 4 aromatic rings. The average Bonchev–Trinajstić information content (AvgIpc) is 3.48. The molecule has 0 atom stereocenters. The van der Waals surface area contributed by atoms with E-state index in [2.05, 4.69) is 22.8 Å². The van der Waals surface area contributed by atoms with Crippen molar-refractivity contribution in [3.05, 3.63) is 64.5 Å². The number of pyridine rings is 1. The van der Waals surface area contributed by atoms with Crippen molar-refractivity contribution in [2.75, 3.05) is 13.9 Å². The Bertz CT molecular complexity index is 1350. The normalized spacial score (nSPS) is 13.2. The number of thiophene rings is 1. The number of esters is 1. The number of fused-ring (bicyclic) bond motifs is 5. The molecule has 0 spiro atoms. The van der Waals surface area contributed by atoms with Crippen LogP contribution in [0.25, 0.3) is 22.0 Å². The quantitative estimate of drug-likeness (QED) is 0.259. The molecule has 0 saturated heterocycles. The van der Waals surface area contributed by atoms with Gasteiger partial charge in [0.05, 0.1) is 18.1 Å². The molecule has 2 aromatic carbocycles. The van der Waals surface area contributed by atoms with Crippen molar-refractivity contribution < 1.29 is 40.7 Å². The molecule has 0 N–H and O–H groups in total. The monoisotopic (exact) mass is 467 g/mol. The third-order valence-electron chi connectivity index (χ3n) is 5.71. The molecule has 6 rings (SSSR count). The molecule has 0 aliphatic carbocycles. The topological polar surface area (TPSA) is 57.9 Å². The SMILES string of the molecule is COc1ccc2cc3[n+](cc2c1OC(=O)c1cccs1)CCc1cc2c(cc1-3)OCO2.[Cl-]. The summed E-state index contributed by atoms with van der Waals surface area (Å²) in [6.45, 7) is 1.07. The number of aryl methyl sites for hydroxylation is 2. The number of carbonyl (C=O) groups is 1. The van der Waals surface area contributed by atoms with Crippen LogP contribution in [0.5, 0.6) is 23.0 Å². The molecule has 0 bridgehead atoms. The summed E-state index contributed by atoms with van der Waals surface area (Å²) in [5.74, 6) is 2.15. The Hall–Kier alpha value is -3.29. The van der Waals surface area contributed by atoms with Crippen LogP contribution in [0, 0.1) is 0 Å². The van der Waals surface area contributed by atoms with Crippen LogP contribution in [0.15, 0.2) is 54.0 Å². The van der Waals surface area contributed by atoms with Gasteiger partial charge in [0.2, 0.25) is 12.5 Å². The molecule has 162 valence electrons. The number of nitrogens with zero attached hydrogens (tertiary/aromatic N) is 1. The molecular formula is C24H18ClNO5S. The summed E-state index contributed by atoms with van der Waals surface area (Å²) in [7, 11) is 1.58. The van der Waals surface area contributed by atoms with Gasteiger partial charge in [-0.1, -0.05) is 6.07 Å². The Balaban J connectivity index is 0.00000216. The number of benzene rings is 2. The lowest BCUT2D eigenvalue weighted by molar-refractivity contribution is -0.686. The number of rotatable bonds is 3. The lowest BCUT2D eigenvalue weighted by Crippen LogP contribution is -3.00. The first-order valence-corrected chi connectivity index (χ1v) is 10.8. The average molecular weight is 468 g/mol. The van der Waals surface area contributed by atoms with Crippen molar-refractivity contribution in [1.82, 2.24) is 0 Å². The van der Waals surface area contributed by atoms with E-state index in [1.54, 1.807) is 13.2 Å². The second-order valence-corrected chi connectivity index (χ2v) is 8.38. The van der Waals surface area contributed by atoms with Gasteiger partial charge in [0.1, 0.15) is 4.88 Å². The van der Waals surface area contributed by atoms with Gasteiger partial charge in [-0.2, -0.15) is 4.57 Å². The lowest BCUT2D eigenvalue weighted by atomic mass is 9.95. The molecule has 2 aromatic heterocycles. The maximum Gasteiger partial charge on any atom is 0.353 e. The molecule has 0 fully saturated rings. The van der Waals surface area contributed by atoms with Gasteiger partial charge in [0.25, 0.3) is 0 Å². The van der Waals surface area contributed by atoms with E-state index in [-0.39, 0.29) is 25.2 Å². The van der Waals surface area contributed by atoms with Crippen LogP contribution < -0.4 is 35.9 Å². The highest BCUT2D eigenvalue weighted by molar-refractivity contribution is 7.12. The summed E-state index contributed by atoms with van der Waals surface area (Å²) in [5, 5.41) is 3.65. The minimum Gasteiger partial charge on any atom is -1.00 e. The first kappa shape index (κ1) is 20.6. The number of aromatic nitrogens is 1. The molecule has 2 aliphatic heterocycles. The Labute approximate surface area is 194 Å². The van der Waals surface area contributed by atoms with E-state index in [1.807, 2.05) is 29.8 Å². The largest absolute Gasteiger partial charge is 1.00 e. The van der Waals surface area contributed by atoms with E-state index in [0.717, 1.165) is 46.5 Å². The molecule has 32 heavy (non-hydrogen) atoms. The van der Waals surface area contributed by atoms with Gasteiger partial charge in [0.15, 0.2) is 35.7 Å². The fourth-order valence-corrected chi connectivity index (χ4v) is 4.80. The molecule has 0 amide bonds. The van der Waals surface area contributed by atoms with E-state index in [4.69, 9.17) is 18.9 Å². The maximum atomic E-state index is 12.6. The second kappa shape index (κ2) is 8.00. The summed E-state index contributed by atoms with van der Waals surface area (Å²) >= 11 is 1.35. The van der Waals surface area contributed by atoms with Gasteiger partial charge < -0.3 is 31.4 Å². The fraction of sp³-hybridized carbons (Fsp3) is 0.167. The summed E-state index contributed by atoms with van der Waals surface area (Å²) < 4.78 is 24.6. The molecule has 0 saturated carbocycles. The van der Waals surface area contributed by atoms with Crippen molar-refractivity contribution in [3.8, 4) is 34.3 Å². The number of carbonyl (C=O) groups excluding carboxylic acids is 1. The molecule has 0 unspecified atom stereocenters. The molecule has 4 heterocycles. The zero-order chi connectivity index (χ0) is 20.9. The van der Waals surface area contributed by atoms with Crippen LogP contribution in [-0.4, -0.2) is 19.9 Å². The highest BCUT2D eigenvalue weighted by Crippen LogP contribution is 2.41. The highest BCUT2D eigenvalue weighted by Gasteiger charge is 2.29. The summed E-state index contributed by atoms with van der Waals surface area (Å²) in [4.78, 5) is 13.2. The van der Waals surface area contributed by atoms with Gasteiger partial charge >= 0.3 is 5.97 Å².